The van der Waals surface area contributed by atoms with Gasteiger partial charge in [0.1, 0.15) is 6.04 Å². The molecule has 1 saturated heterocycles. The molecule has 3 heterocycles. The number of rotatable bonds is 4. The van der Waals surface area contributed by atoms with E-state index >= 15 is 0 Å². The predicted octanol–water partition coefficient (Wildman–Crippen LogP) is 1.16. The molecule has 2 atom stereocenters. The number of aromatic nitrogens is 2. The molecule has 2 aliphatic heterocycles. The molecule has 0 bridgehead atoms. The highest BCUT2D eigenvalue weighted by Crippen LogP contribution is 2.35. The van der Waals surface area contributed by atoms with Gasteiger partial charge in [-0.2, -0.15) is 22.5 Å². The van der Waals surface area contributed by atoms with Crippen LogP contribution in [0.1, 0.15) is 30.6 Å². The Morgan fingerprint density at radius 1 is 1.34 bits per heavy atom. The molecule has 2 aromatic rings. The van der Waals surface area contributed by atoms with Gasteiger partial charge >= 0.3 is 0 Å². The van der Waals surface area contributed by atoms with Crippen molar-refractivity contribution in [3.8, 4) is 11.5 Å². The topological polar surface area (TPSA) is 115 Å². The molecule has 2 N–H and O–H groups in total. The molecule has 0 spiro atoms. The molecule has 2 aliphatic rings. The van der Waals surface area contributed by atoms with Crippen LogP contribution in [0.25, 0.3) is 0 Å². The zero-order chi connectivity index (χ0) is 20.8. The van der Waals surface area contributed by atoms with E-state index in [-0.39, 0.29) is 13.2 Å². The van der Waals surface area contributed by atoms with Crippen molar-refractivity contribution in [1.29, 1.82) is 0 Å². The maximum absolute atomic E-state index is 13.0. The minimum atomic E-state index is -3.83. The maximum atomic E-state index is 13.0. The van der Waals surface area contributed by atoms with E-state index in [9.17, 15) is 13.2 Å². The highest BCUT2D eigenvalue weighted by molar-refractivity contribution is 7.87. The summed E-state index contributed by atoms with van der Waals surface area (Å²) in [5.74, 6) is 0.726. The van der Waals surface area contributed by atoms with Crippen LogP contribution in [-0.4, -0.2) is 48.3 Å². The molecule has 0 saturated carbocycles. The van der Waals surface area contributed by atoms with Crippen molar-refractivity contribution >= 4 is 21.8 Å². The van der Waals surface area contributed by atoms with Crippen LogP contribution in [0.2, 0.25) is 0 Å². The fourth-order valence-corrected chi connectivity index (χ4v) is 4.82. The van der Waals surface area contributed by atoms with Crippen molar-refractivity contribution in [2.75, 3.05) is 19.2 Å². The Morgan fingerprint density at radius 2 is 2.10 bits per heavy atom. The van der Waals surface area contributed by atoms with Gasteiger partial charge in [-0.05, 0) is 32.4 Å². The fraction of sp³-hybridized carbons (Fsp3) is 0.444. The second-order valence-electron chi connectivity index (χ2n) is 7.03. The average molecular weight is 421 g/mol. The molecular formula is C18H23N5O5S. The number of hydrogen-bond acceptors (Lipinski definition) is 6. The molecule has 0 aliphatic carbocycles. The van der Waals surface area contributed by atoms with E-state index in [4.69, 9.17) is 9.47 Å². The largest absolute Gasteiger partial charge is 0.454 e. The Bertz CT molecular complexity index is 1050. The Morgan fingerprint density at radius 3 is 2.83 bits per heavy atom. The van der Waals surface area contributed by atoms with Crippen LogP contribution in [0, 0.1) is 6.92 Å². The van der Waals surface area contributed by atoms with E-state index in [0.717, 1.165) is 15.6 Å². The molecule has 4 rings (SSSR count). The predicted molar refractivity (Wildman–Crippen MR) is 105 cm³/mol. The summed E-state index contributed by atoms with van der Waals surface area (Å²) < 4.78 is 41.3. The normalized spacial score (nSPS) is 23.1. The minimum Gasteiger partial charge on any atom is -0.454 e. The van der Waals surface area contributed by atoms with E-state index < -0.39 is 28.2 Å². The van der Waals surface area contributed by atoms with Gasteiger partial charge in [0.05, 0.1) is 11.7 Å². The van der Waals surface area contributed by atoms with Crippen LogP contribution in [-0.2, 0) is 21.5 Å². The lowest BCUT2D eigenvalue weighted by molar-refractivity contribution is -0.120. The molecule has 1 aromatic carbocycles. The minimum absolute atomic E-state index is 0.133. The number of likely N-dealkylation sites (N-methyl/N-ethyl adjacent to an activating group) is 1. The standard InChI is InChI=1S/C18H23N5O5S/c1-4-23-9-13(11(2)20-23)14-8-15(22(3)29(25,26)21-14)18(24)19-12-5-6-16-17(7-12)28-10-27-16/h5-7,9,14-15,21H,4,8,10H2,1-3H3,(H,19,24)/t14-,15-/m1/s1. The Hall–Kier alpha value is -2.63. The number of carbonyl (C=O) groups is 1. The summed E-state index contributed by atoms with van der Waals surface area (Å²) in [5.41, 5.74) is 2.01. The first-order valence-electron chi connectivity index (χ1n) is 9.28. The van der Waals surface area contributed by atoms with E-state index in [1.165, 1.54) is 7.05 Å². The molecule has 11 heteroatoms. The van der Waals surface area contributed by atoms with Gasteiger partial charge in [-0.15, -0.1) is 0 Å². The van der Waals surface area contributed by atoms with Crippen LogP contribution >= 0.6 is 0 Å². The first-order chi connectivity index (χ1) is 13.8. The summed E-state index contributed by atoms with van der Waals surface area (Å²) in [4.78, 5) is 13.0. The number of benzene rings is 1. The van der Waals surface area contributed by atoms with Gasteiger partial charge in [0.15, 0.2) is 11.5 Å². The number of amides is 1. The summed E-state index contributed by atoms with van der Waals surface area (Å²) in [6.45, 7) is 4.59. The summed E-state index contributed by atoms with van der Waals surface area (Å²) >= 11 is 0. The molecular weight excluding hydrogens is 398 g/mol. The summed E-state index contributed by atoms with van der Waals surface area (Å²) in [7, 11) is -2.43. The maximum Gasteiger partial charge on any atom is 0.280 e. The van der Waals surface area contributed by atoms with E-state index in [1.54, 1.807) is 22.9 Å². The third-order valence-electron chi connectivity index (χ3n) is 5.19. The van der Waals surface area contributed by atoms with Gasteiger partial charge in [0.25, 0.3) is 10.2 Å². The number of carbonyl (C=O) groups excluding carboxylic acids is 1. The van der Waals surface area contributed by atoms with Crippen molar-refractivity contribution in [2.45, 2.75) is 38.9 Å². The van der Waals surface area contributed by atoms with Crippen LogP contribution in [0.3, 0.4) is 0 Å². The number of aryl methyl sites for hydroxylation is 2. The third kappa shape index (κ3) is 3.68. The molecule has 0 unspecified atom stereocenters. The Balaban J connectivity index is 1.57. The van der Waals surface area contributed by atoms with Crippen molar-refractivity contribution in [2.24, 2.45) is 0 Å². The van der Waals surface area contributed by atoms with Crippen LogP contribution in [0.15, 0.2) is 24.4 Å². The Kier molecular flexibility index (Phi) is 4.97. The number of fused-ring (bicyclic) bond motifs is 1. The molecule has 1 amide bonds. The molecule has 29 heavy (non-hydrogen) atoms. The zero-order valence-electron chi connectivity index (χ0n) is 16.4. The molecule has 1 fully saturated rings. The van der Waals surface area contributed by atoms with Crippen molar-refractivity contribution in [3.05, 3.63) is 35.7 Å². The Labute approximate surface area is 169 Å². The summed E-state index contributed by atoms with van der Waals surface area (Å²) in [6.07, 6.45) is 2.10. The van der Waals surface area contributed by atoms with Crippen molar-refractivity contribution in [1.82, 2.24) is 18.8 Å². The quantitative estimate of drug-likeness (QED) is 0.766. The summed E-state index contributed by atoms with van der Waals surface area (Å²) in [5, 5.41) is 7.17. The average Bonchev–Trinajstić information content (AvgIpc) is 3.29. The lowest BCUT2D eigenvalue weighted by atomic mass is 10.00. The van der Waals surface area contributed by atoms with Gasteiger partial charge < -0.3 is 14.8 Å². The number of nitrogens with one attached hydrogen (secondary N) is 2. The molecule has 1 aromatic heterocycles. The number of hydrogen-bond donors (Lipinski definition) is 2. The van der Waals surface area contributed by atoms with E-state index in [1.807, 2.05) is 20.0 Å². The summed E-state index contributed by atoms with van der Waals surface area (Å²) in [6, 6.07) is 3.63. The van der Waals surface area contributed by atoms with Gasteiger partial charge in [-0.25, -0.2) is 0 Å². The van der Waals surface area contributed by atoms with Crippen LogP contribution in [0.5, 0.6) is 11.5 Å². The highest BCUT2D eigenvalue weighted by atomic mass is 32.2. The fourth-order valence-electron chi connectivity index (χ4n) is 3.55. The van der Waals surface area contributed by atoms with Gasteiger partial charge in [0, 0.05) is 37.1 Å². The van der Waals surface area contributed by atoms with Crippen molar-refractivity contribution in [3.63, 3.8) is 0 Å². The molecule has 156 valence electrons. The third-order valence-corrected chi connectivity index (χ3v) is 6.79. The SMILES string of the molecule is CCn1cc([C@H]2C[C@H](C(=O)Nc3ccc4c(c3)OCO4)N(C)S(=O)(=O)N2)c(C)n1. The first-order valence-corrected chi connectivity index (χ1v) is 10.7. The van der Waals surface area contributed by atoms with Crippen LogP contribution in [0.4, 0.5) is 5.69 Å². The van der Waals surface area contributed by atoms with Gasteiger partial charge in [0.2, 0.25) is 12.7 Å². The van der Waals surface area contributed by atoms with Gasteiger partial charge in [-0.3, -0.25) is 9.48 Å². The number of ether oxygens (including phenoxy) is 2. The number of nitrogens with zero attached hydrogens (tertiary/aromatic N) is 3. The molecule has 0 radical (unpaired) electrons. The second-order valence-corrected chi connectivity index (χ2v) is 8.79. The zero-order valence-corrected chi connectivity index (χ0v) is 17.2. The highest BCUT2D eigenvalue weighted by Gasteiger charge is 2.41. The smallest absolute Gasteiger partial charge is 0.280 e. The lowest BCUT2D eigenvalue weighted by Crippen LogP contribution is -2.56. The lowest BCUT2D eigenvalue weighted by Gasteiger charge is -2.36. The first kappa shape index (κ1) is 19.7. The number of anilines is 1. The monoisotopic (exact) mass is 421 g/mol. The van der Waals surface area contributed by atoms with Gasteiger partial charge in [-0.1, -0.05) is 0 Å². The van der Waals surface area contributed by atoms with E-state index in [0.29, 0.717) is 23.7 Å². The van der Waals surface area contributed by atoms with Crippen LogP contribution < -0.4 is 19.5 Å². The molecule has 10 nitrogen and oxygen atoms in total. The van der Waals surface area contributed by atoms with E-state index in [2.05, 4.69) is 15.1 Å². The van der Waals surface area contributed by atoms with Crippen molar-refractivity contribution < 1.29 is 22.7 Å². The second kappa shape index (κ2) is 7.32.